The largest absolute Gasteiger partial charge is 0.467 e. The number of para-hydroxylation sites is 1. The number of amides is 3. The standard InChI is InChI=1S/C23H27N3O4/c27-21(24-14-17-7-5-13-30-17)15-25-22(28)18-8-2-3-9-19(18)23(29)26-12-11-16-6-1-4-10-20(16)26/h1,4-7,10,13,18-19H,2-3,8-9,11-12,14-15H2,(H,24,27)(H,25,28). The monoisotopic (exact) mass is 409 g/mol. The average Bonchev–Trinajstić information content (AvgIpc) is 3.45. The van der Waals surface area contributed by atoms with Crippen molar-refractivity contribution < 1.29 is 18.8 Å². The Morgan fingerprint density at radius 2 is 1.80 bits per heavy atom. The third-order valence-electron chi connectivity index (χ3n) is 6.04. The predicted molar refractivity (Wildman–Crippen MR) is 112 cm³/mol. The molecule has 158 valence electrons. The Hall–Kier alpha value is -3.09. The second-order valence-corrected chi connectivity index (χ2v) is 7.94. The van der Waals surface area contributed by atoms with E-state index in [-0.39, 0.29) is 36.7 Å². The molecule has 3 amide bonds. The number of anilines is 1. The molecule has 30 heavy (non-hydrogen) atoms. The fourth-order valence-corrected chi connectivity index (χ4v) is 4.47. The Bertz CT molecular complexity index is 909. The van der Waals surface area contributed by atoms with Crippen LogP contribution in [0.1, 0.15) is 37.0 Å². The number of nitrogens with one attached hydrogen (secondary N) is 2. The molecule has 1 aliphatic carbocycles. The fourth-order valence-electron chi connectivity index (χ4n) is 4.47. The lowest BCUT2D eigenvalue weighted by Crippen LogP contribution is -2.47. The van der Waals surface area contributed by atoms with Crippen molar-refractivity contribution in [2.75, 3.05) is 18.0 Å². The van der Waals surface area contributed by atoms with Crippen molar-refractivity contribution in [3.05, 3.63) is 54.0 Å². The van der Waals surface area contributed by atoms with E-state index in [1.165, 1.54) is 5.56 Å². The Kier molecular flexibility index (Phi) is 6.16. The van der Waals surface area contributed by atoms with Gasteiger partial charge in [-0.05, 0) is 43.0 Å². The second kappa shape index (κ2) is 9.15. The van der Waals surface area contributed by atoms with Crippen LogP contribution < -0.4 is 15.5 Å². The van der Waals surface area contributed by atoms with E-state index >= 15 is 0 Å². The maximum absolute atomic E-state index is 13.3. The predicted octanol–water partition coefficient (Wildman–Crippen LogP) is 2.41. The summed E-state index contributed by atoms with van der Waals surface area (Å²) in [7, 11) is 0. The van der Waals surface area contributed by atoms with E-state index < -0.39 is 5.92 Å². The van der Waals surface area contributed by atoms with Crippen LogP contribution in [0.2, 0.25) is 0 Å². The van der Waals surface area contributed by atoms with Crippen LogP contribution in [0.3, 0.4) is 0 Å². The molecule has 7 heteroatoms. The number of benzene rings is 1. The van der Waals surface area contributed by atoms with E-state index in [1.807, 2.05) is 23.1 Å². The summed E-state index contributed by atoms with van der Waals surface area (Å²) in [6, 6.07) is 11.5. The highest BCUT2D eigenvalue weighted by atomic mass is 16.3. The van der Waals surface area contributed by atoms with E-state index in [4.69, 9.17) is 4.42 Å². The van der Waals surface area contributed by atoms with Crippen LogP contribution >= 0.6 is 0 Å². The number of hydrogen-bond acceptors (Lipinski definition) is 4. The van der Waals surface area contributed by atoms with Crippen molar-refractivity contribution in [2.45, 2.75) is 38.6 Å². The molecule has 2 heterocycles. The maximum Gasteiger partial charge on any atom is 0.239 e. The number of fused-ring (bicyclic) bond motifs is 1. The fraction of sp³-hybridized carbons (Fsp3) is 0.435. The van der Waals surface area contributed by atoms with E-state index in [0.717, 1.165) is 24.9 Å². The lowest BCUT2D eigenvalue weighted by molar-refractivity contribution is -0.136. The molecule has 1 aliphatic heterocycles. The van der Waals surface area contributed by atoms with Crippen LogP contribution in [0, 0.1) is 11.8 Å². The number of nitrogens with zero attached hydrogens (tertiary/aromatic N) is 1. The van der Waals surface area contributed by atoms with Crippen LogP contribution in [-0.4, -0.2) is 30.8 Å². The van der Waals surface area contributed by atoms with E-state index in [1.54, 1.807) is 18.4 Å². The summed E-state index contributed by atoms with van der Waals surface area (Å²) >= 11 is 0. The summed E-state index contributed by atoms with van der Waals surface area (Å²) in [6.45, 7) is 0.836. The van der Waals surface area contributed by atoms with Gasteiger partial charge in [-0.25, -0.2) is 0 Å². The third kappa shape index (κ3) is 4.40. The summed E-state index contributed by atoms with van der Waals surface area (Å²) in [4.78, 5) is 40.0. The van der Waals surface area contributed by atoms with E-state index in [0.29, 0.717) is 25.1 Å². The number of furan rings is 1. The van der Waals surface area contributed by atoms with Gasteiger partial charge >= 0.3 is 0 Å². The van der Waals surface area contributed by atoms with Crippen molar-refractivity contribution in [3.8, 4) is 0 Å². The zero-order chi connectivity index (χ0) is 20.9. The van der Waals surface area contributed by atoms with Gasteiger partial charge < -0.3 is 20.0 Å². The molecule has 4 rings (SSSR count). The molecule has 2 N–H and O–H groups in total. The number of hydrogen-bond donors (Lipinski definition) is 2. The average molecular weight is 409 g/mol. The van der Waals surface area contributed by atoms with Gasteiger partial charge in [0.2, 0.25) is 17.7 Å². The molecule has 1 saturated carbocycles. The van der Waals surface area contributed by atoms with Crippen LogP contribution in [0.15, 0.2) is 47.1 Å². The summed E-state index contributed by atoms with van der Waals surface area (Å²) in [6.07, 6.45) is 5.64. The molecule has 2 unspecified atom stereocenters. The molecule has 1 fully saturated rings. The zero-order valence-electron chi connectivity index (χ0n) is 16.9. The number of carbonyl (C=O) groups is 3. The van der Waals surface area contributed by atoms with Crippen LogP contribution in [0.25, 0.3) is 0 Å². The maximum atomic E-state index is 13.3. The lowest BCUT2D eigenvalue weighted by Gasteiger charge is -2.32. The molecule has 7 nitrogen and oxygen atoms in total. The normalized spacial score (nSPS) is 20.5. The van der Waals surface area contributed by atoms with Crippen molar-refractivity contribution in [1.82, 2.24) is 10.6 Å². The lowest BCUT2D eigenvalue weighted by atomic mass is 9.77. The first-order valence-electron chi connectivity index (χ1n) is 10.6. The summed E-state index contributed by atoms with van der Waals surface area (Å²) in [5, 5.41) is 5.44. The molecule has 0 radical (unpaired) electrons. The number of carbonyl (C=O) groups excluding carboxylic acids is 3. The first-order valence-corrected chi connectivity index (χ1v) is 10.6. The van der Waals surface area contributed by atoms with Gasteiger partial charge in [-0.3, -0.25) is 14.4 Å². The Morgan fingerprint density at radius 1 is 1.00 bits per heavy atom. The molecule has 1 aromatic heterocycles. The highest BCUT2D eigenvalue weighted by Crippen LogP contribution is 2.35. The second-order valence-electron chi connectivity index (χ2n) is 7.94. The van der Waals surface area contributed by atoms with Crippen molar-refractivity contribution in [1.29, 1.82) is 0 Å². The quantitative estimate of drug-likeness (QED) is 0.766. The van der Waals surface area contributed by atoms with Crippen molar-refractivity contribution in [2.24, 2.45) is 11.8 Å². The number of rotatable bonds is 6. The van der Waals surface area contributed by atoms with Crippen LogP contribution in [0.5, 0.6) is 0 Å². The van der Waals surface area contributed by atoms with Gasteiger partial charge in [0.1, 0.15) is 5.76 Å². The van der Waals surface area contributed by atoms with E-state index in [2.05, 4.69) is 16.7 Å². The molecular formula is C23H27N3O4. The molecule has 2 aliphatic rings. The van der Waals surface area contributed by atoms with Gasteiger partial charge in [0.05, 0.1) is 25.3 Å². The van der Waals surface area contributed by atoms with Gasteiger partial charge in [0.25, 0.3) is 0 Å². The molecule has 2 aromatic rings. The molecule has 2 atom stereocenters. The topological polar surface area (TPSA) is 91.7 Å². The van der Waals surface area contributed by atoms with Crippen LogP contribution in [0.4, 0.5) is 5.69 Å². The minimum absolute atomic E-state index is 0.0297. The van der Waals surface area contributed by atoms with E-state index in [9.17, 15) is 14.4 Å². The highest BCUT2D eigenvalue weighted by molar-refractivity contribution is 6.00. The molecule has 0 bridgehead atoms. The smallest absolute Gasteiger partial charge is 0.239 e. The molecular weight excluding hydrogens is 382 g/mol. The Balaban J connectivity index is 1.34. The van der Waals surface area contributed by atoms with Gasteiger partial charge in [-0.2, -0.15) is 0 Å². The summed E-state index contributed by atoms with van der Waals surface area (Å²) in [5.41, 5.74) is 2.14. The third-order valence-corrected chi connectivity index (χ3v) is 6.04. The van der Waals surface area contributed by atoms with Gasteiger partial charge in [-0.15, -0.1) is 0 Å². The van der Waals surface area contributed by atoms with Crippen molar-refractivity contribution in [3.63, 3.8) is 0 Å². The highest BCUT2D eigenvalue weighted by Gasteiger charge is 2.39. The summed E-state index contributed by atoms with van der Waals surface area (Å²) in [5.74, 6) is -0.547. The van der Waals surface area contributed by atoms with Gasteiger partial charge in [-0.1, -0.05) is 31.0 Å². The molecule has 0 saturated heterocycles. The Labute approximate surface area is 175 Å². The van der Waals surface area contributed by atoms with Crippen molar-refractivity contribution >= 4 is 23.4 Å². The van der Waals surface area contributed by atoms with Crippen LogP contribution in [-0.2, 0) is 27.3 Å². The first-order chi connectivity index (χ1) is 14.6. The summed E-state index contributed by atoms with van der Waals surface area (Å²) < 4.78 is 5.17. The van der Waals surface area contributed by atoms with Gasteiger partial charge in [0, 0.05) is 18.2 Å². The zero-order valence-corrected chi connectivity index (χ0v) is 16.9. The SMILES string of the molecule is O=C(CNC(=O)C1CCCCC1C(=O)N1CCc2ccccc21)NCc1ccco1. The van der Waals surface area contributed by atoms with Gasteiger partial charge in [0.15, 0.2) is 0 Å². The Morgan fingerprint density at radius 3 is 2.60 bits per heavy atom. The molecule has 0 spiro atoms. The first kappa shape index (κ1) is 20.2. The minimum Gasteiger partial charge on any atom is -0.467 e. The molecule has 1 aromatic carbocycles. The minimum atomic E-state index is -0.392.